The Morgan fingerprint density at radius 2 is 1.73 bits per heavy atom. The Morgan fingerprint density at radius 1 is 1.03 bits per heavy atom. The number of halogens is 3. The van der Waals surface area contributed by atoms with Crippen LogP contribution in [0.1, 0.15) is 24.8 Å². The van der Waals surface area contributed by atoms with E-state index < -0.39 is 6.36 Å². The molecule has 3 aromatic rings. The van der Waals surface area contributed by atoms with E-state index in [4.69, 9.17) is 9.72 Å². The Morgan fingerprint density at radius 3 is 2.42 bits per heavy atom. The molecule has 0 spiro atoms. The normalized spacial score (nSPS) is 14.2. The highest BCUT2D eigenvalue weighted by atomic mass is 19.4. The van der Waals surface area contributed by atoms with Gasteiger partial charge in [-0.05, 0) is 80.3 Å². The minimum Gasteiger partial charge on any atom is -0.484 e. The molecule has 1 aromatic heterocycles. The molecule has 1 aliphatic heterocycles. The number of nitrogens with zero attached hydrogens (tertiary/aromatic N) is 2. The van der Waals surface area contributed by atoms with Crippen LogP contribution >= 0.6 is 0 Å². The first-order valence-electron chi connectivity index (χ1n) is 10.7. The highest BCUT2D eigenvalue weighted by Crippen LogP contribution is 2.27. The van der Waals surface area contributed by atoms with Crippen molar-refractivity contribution in [3.8, 4) is 11.5 Å². The van der Waals surface area contributed by atoms with Crippen molar-refractivity contribution in [3.05, 3.63) is 54.1 Å². The minimum absolute atomic E-state index is 0.253. The van der Waals surface area contributed by atoms with E-state index in [-0.39, 0.29) is 24.0 Å². The van der Waals surface area contributed by atoms with Crippen LogP contribution in [-0.4, -0.2) is 36.9 Å². The highest BCUT2D eigenvalue weighted by Gasteiger charge is 2.31. The van der Waals surface area contributed by atoms with Gasteiger partial charge in [-0.2, -0.15) is 0 Å². The molecule has 4 rings (SSSR count). The summed E-state index contributed by atoms with van der Waals surface area (Å²) in [6.07, 6.45) is -1.15. The average Bonchev–Trinajstić information content (AvgIpc) is 2.78. The minimum atomic E-state index is -4.76. The Labute approximate surface area is 189 Å². The zero-order valence-corrected chi connectivity index (χ0v) is 18.1. The number of rotatable bonds is 6. The smallest absolute Gasteiger partial charge is 0.484 e. The first-order chi connectivity index (χ1) is 15.8. The number of hydrogen-bond acceptors (Lipinski definition) is 5. The van der Waals surface area contributed by atoms with E-state index in [1.165, 1.54) is 31.4 Å². The molecule has 0 bridgehead atoms. The summed E-state index contributed by atoms with van der Waals surface area (Å²) in [6.45, 7) is 3.77. The van der Waals surface area contributed by atoms with Gasteiger partial charge in [0.05, 0.1) is 5.52 Å². The number of aryl methyl sites for hydroxylation is 1. The molecule has 1 amide bonds. The second-order valence-corrected chi connectivity index (χ2v) is 7.93. The van der Waals surface area contributed by atoms with Crippen molar-refractivity contribution in [2.24, 2.45) is 0 Å². The summed E-state index contributed by atoms with van der Waals surface area (Å²) in [4.78, 5) is 19.4. The number of nitrogens with one attached hydrogen (secondary N) is 1. The molecule has 174 valence electrons. The van der Waals surface area contributed by atoms with E-state index in [2.05, 4.69) is 21.0 Å². The monoisotopic (exact) mass is 459 g/mol. The lowest BCUT2D eigenvalue weighted by Crippen LogP contribution is -2.30. The molecule has 1 N–H and O–H groups in total. The molecule has 0 aliphatic carbocycles. The van der Waals surface area contributed by atoms with Crippen molar-refractivity contribution < 1.29 is 27.4 Å². The SMILES string of the molecule is Cc1cc(N2CCCCC2)nc2ccc(NC(=O)COc3ccc(OC(F)(F)F)cc3)cc12. The summed E-state index contributed by atoms with van der Waals surface area (Å²) >= 11 is 0. The molecule has 1 aliphatic rings. The van der Waals surface area contributed by atoms with Gasteiger partial charge in [0.25, 0.3) is 5.91 Å². The van der Waals surface area contributed by atoms with Crippen molar-refractivity contribution >= 4 is 28.3 Å². The Hall–Kier alpha value is -3.49. The van der Waals surface area contributed by atoms with Crippen LogP contribution in [0.4, 0.5) is 24.7 Å². The highest BCUT2D eigenvalue weighted by molar-refractivity contribution is 5.95. The molecule has 0 unspecified atom stereocenters. The summed E-state index contributed by atoms with van der Waals surface area (Å²) < 4.78 is 45.8. The van der Waals surface area contributed by atoms with Gasteiger partial charge in [-0.25, -0.2) is 4.98 Å². The summed E-state index contributed by atoms with van der Waals surface area (Å²) in [5.74, 6) is 0.489. The summed E-state index contributed by atoms with van der Waals surface area (Å²) in [7, 11) is 0. The molecular formula is C24H24F3N3O3. The molecule has 0 atom stereocenters. The van der Waals surface area contributed by atoms with Gasteiger partial charge in [-0.15, -0.1) is 13.2 Å². The lowest BCUT2D eigenvalue weighted by atomic mass is 10.1. The maximum absolute atomic E-state index is 12.3. The lowest BCUT2D eigenvalue weighted by molar-refractivity contribution is -0.274. The van der Waals surface area contributed by atoms with Gasteiger partial charge < -0.3 is 19.7 Å². The molecule has 9 heteroatoms. The van der Waals surface area contributed by atoms with Gasteiger partial charge in [0.1, 0.15) is 17.3 Å². The van der Waals surface area contributed by atoms with E-state index in [1.54, 1.807) is 6.07 Å². The number of amides is 1. The van der Waals surface area contributed by atoms with Crippen molar-refractivity contribution in [2.75, 3.05) is 29.9 Å². The van der Waals surface area contributed by atoms with Crippen LogP contribution in [-0.2, 0) is 4.79 Å². The fraction of sp³-hybridized carbons (Fsp3) is 0.333. The lowest BCUT2D eigenvalue weighted by Gasteiger charge is -2.28. The van der Waals surface area contributed by atoms with Crippen LogP contribution in [0.3, 0.4) is 0 Å². The molecule has 1 fully saturated rings. The third kappa shape index (κ3) is 6.06. The van der Waals surface area contributed by atoms with Gasteiger partial charge in [-0.1, -0.05) is 0 Å². The van der Waals surface area contributed by atoms with Crippen LogP contribution in [0.15, 0.2) is 48.5 Å². The maximum atomic E-state index is 12.3. The van der Waals surface area contributed by atoms with Crippen LogP contribution in [0.25, 0.3) is 10.9 Å². The van der Waals surface area contributed by atoms with Gasteiger partial charge in [0, 0.05) is 24.2 Å². The van der Waals surface area contributed by atoms with Gasteiger partial charge in [0.15, 0.2) is 6.61 Å². The number of hydrogen-bond donors (Lipinski definition) is 1. The van der Waals surface area contributed by atoms with Crippen LogP contribution < -0.4 is 19.7 Å². The number of alkyl halides is 3. The number of aromatic nitrogens is 1. The molecule has 0 radical (unpaired) electrons. The molecule has 2 aromatic carbocycles. The molecule has 33 heavy (non-hydrogen) atoms. The summed E-state index contributed by atoms with van der Waals surface area (Å²) in [5.41, 5.74) is 2.56. The van der Waals surface area contributed by atoms with Crippen molar-refractivity contribution in [2.45, 2.75) is 32.5 Å². The Bertz CT molecular complexity index is 1130. The van der Waals surface area contributed by atoms with Crippen LogP contribution in [0.5, 0.6) is 11.5 Å². The van der Waals surface area contributed by atoms with E-state index in [0.717, 1.165) is 47.5 Å². The molecule has 2 heterocycles. The van der Waals surface area contributed by atoms with Gasteiger partial charge >= 0.3 is 6.36 Å². The Kier molecular flexibility index (Phi) is 6.57. The Balaban J connectivity index is 1.37. The number of piperidine rings is 1. The number of fused-ring (bicyclic) bond motifs is 1. The molecule has 1 saturated heterocycles. The van der Waals surface area contributed by atoms with Crippen LogP contribution in [0.2, 0.25) is 0 Å². The molecule has 6 nitrogen and oxygen atoms in total. The van der Waals surface area contributed by atoms with Crippen molar-refractivity contribution in [1.82, 2.24) is 4.98 Å². The van der Waals surface area contributed by atoms with Crippen molar-refractivity contribution in [1.29, 1.82) is 0 Å². The zero-order chi connectivity index (χ0) is 23.4. The first-order valence-corrected chi connectivity index (χ1v) is 10.7. The number of benzene rings is 2. The van der Waals surface area contributed by atoms with E-state index in [9.17, 15) is 18.0 Å². The maximum Gasteiger partial charge on any atom is 0.573 e. The fourth-order valence-corrected chi connectivity index (χ4v) is 3.82. The third-order valence-corrected chi connectivity index (χ3v) is 5.39. The predicted molar refractivity (Wildman–Crippen MR) is 120 cm³/mol. The largest absolute Gasteiger partial charge is 0.573 e. The topological polar surface area (TPSA) is 63.7 Å². The average molecular weight is 459 g/mol. The van der Waals surface area contributed by atoms with Gasteiger partial charge in [0.2, 0.25) is 0 Å². The number of ether oxygens (including phenoxy) is 2. The fourth-order valence-electron chi connectivity index (χ4n) is 3.82. The second kappa shape index (κ2) is 9.56. The van der Waals surface area contributed by atoms with E-state index in [1.807, 2.05) is 19.1 Å². The standard InChI is InChI=1S/C24H24F3N3O3/c1-16-13-22(30-11-3-2-4-12-30)29-21-10-5-17(14-20(16)21)28-23(31)15-32-18-6-8-19(9-7-18)33-24(25,26)27/h5-10,13-14H,2-4,11-12,15H2,1H3,(H,28,31). The predicted octanol–water partition coefficient (Wildman–Crippen LogP) is 5.45. The van der Waals surface area contributed by atoms with E-state index in [0.29, 0.717) is 5.69 Å². The second-order valence-electron chi connectivity index (χ2n) is 7.93. The summed E-state index contributed by atoms with van der Waals surface area (Å²) in [5, 5.41) is 3.73. The number of anilines is 2. The summed E-state index contributed by atoms with van der Waals surface area (Å²) in [6, 6.07) is 12.5. The number of carbonyl (C=O) groups is 1. The van der Waals surface area contributed by atoms with Crippen LogP contribution in [0, 0.1) is 6.92 Å². The number of carbonyl (C=O) groups excluding carboxylic acids is 1. The van der Waals surface area contributed by atoms with E-state index >= 15 is 0 Å². The zero-order valence-electron chi connectivity index (χ0n) is 18.1. The van der Waals surface area contributed by atoms with Gasteiger partial charge in [-0.3, -0.25) is 4.79 Å². The first kappa shape index (κ1) is 22.7. The molecule has 0 saturated carbocycles. The van der Waals surface area contributed by atoms with Crippen molar-refractivity contribution in [3.63, 3.8) is 0 Å². The number of pyridine rings is 1. The third-order valence-electron chi connectivity index (χ3n) is 5.39. The molecular weight excluding hydrogens is 435 g/mol. The quantitative estimate of drug-likeness (QED) is 0.531.